The third-order valence-electron chi connectivity index (χ3n) is 3.90. The number of rotatable bonds is 2. The third kappa shape index (κ3) is 3.70. The number of benzene rings is 1. The maximum absolute atomic E-state index is 12.8. The SMILES string of the molecule is N[C@@H](c1cc(C(F)(F)F)cc(C(F)(F)F)c1)C1CCCC1. The number of hydrogen-bond donors (Lipinski definition) is 1. The van der Waals surface area contributed by atoms with E-state index in [0.717, 1.165) is 37.8 Å². The van der Waals surface area contributed by atoms with Gasteiger partial charge in [0.1, 0.15) is 0 Å². The van der Waals surface area contributed by atoms with E-state index in [1.165, 1.54) is 0 Å². The Balaban J connectivity index is 2.44. The summed E-state index contributed by atoms with van der Waals surface area (Å²) in [5.41, 5.74) is 3.19. The summed E-state index contributed by atoms with van der Waals surface area (Å²) in [6, 6.07) is 0.803. The van der Waals surface area contributed by atoms with Gasteiger partial charge in [0.15, 0.2) is 0 Å². The van der Waals surface area contributed by atoms with Crippen molar-refractivity contribution >= 4 is 0 Å². The van der Waals surface area contributed by atoms with Crippen LogP contribution in [0.2, 0.25) is 0 Å². The fraction of sp³-hybridized carbons (Fsp3) is 0.571. The summed E-state index contributed by atoms with van der Waals surface area (Å²) in [6.07, 6.45) is -6.37. The molecule has 1 aromatic carbocycles. The van der Waals surface area contributed by atoms with Crippen LogP contribution in [0.4, 0.5) is 26.3 Å². The van der Waals surface area contributed by atoms with Gasteiger partial charge in [0.05, 0.1) is 11.1 Å². The standard InChI is InChI=1S/C14H15F6N/c15-13(16,17)10-5-9(6-11(7-10)14(18,19)20)12(21)8-3-1-2-4-8/h5-8,12H,1-4,21H2/t12-/m1/s1. The molecule has 0 amide bonds. The van der Waals surface area contributed by atoms with E-state index in [4.69, 9.17) is 5.73 Å². The van der Waals surface area contributed by atoms with Crippen molar-refractivity contribution in [3.8, 4) is 0 Å². The Morgan fingerprint density at radius 3 is 1.67 bits per heavy atom. The van der Waals surface area contributed by atoms with Gasteiger partial charge in [-0.1, -0.05) is 12.8 Å². The van der Waals surface area contributed by atoms with E-state index in [2.05, 4.69) is 0 Å². The lowest BCUT2D eigenvalue weighted by molar-refractivity contribution is -0.143. The molecule has 7 heteroatoms. The minimum absolute atomic E-state index is 0.0606. The Labute approximate surface area is 118 Å². The molecule has 0 aliphatic heterocycles. The van der Waals surface area contributed by atoms with Crippen LogP contribution < -0.4 is 5.73 Å². The summed E-state index contributed by atoms with van der Waals surface area (Å²) < 4.78 is 76.6. The lowest BCUT2D eigenvalue weighted by Gasteiger charge is -2.22. The summed E-state index contributed by atoms with van der Waals surface area (Å²) in [7, 11) is 0. The highest BCUT2D eigenvalue weighted by molar-refractivity contribution is 5.35. The van der Waals surface area contributed by atoms with Gasteiger partial charge in [0.25, 0.3) is 0 Å². The van der Waals surface area contributed by atoms with Gasteiger partial charge in [-0.2, -0.15) is 26.3 Å². The average Bonchev–Trinajstić information content (AvgIpc) is 2.89. The van der Waals surface area contributed by atoms with Crippen molar-refractivity contribution in [2.75, 3.05) is 0 Å². The van der Waals surface area contributed by atoms with Crippen LogP contribution >= 0.6 is 0 Å². The largest absolute Gasteiger partial charge is 0.416 e. The van der Waals surface area contributed by atoms with Crippen molar-refractivity contribution in [1.29, 1.82) is 0 Å². The second-order valence-electron chi connectivity index (χ2n) is 5.41. The van der Waals surface area contributed by atoms with Gasteiger partial charge in [0, 0.05) is 6.04 Å². The van der Waals surface area contributed by atoms with Crippen LogP contribution in [-0.2, 0) is 12.4 Å². The molecule has 1 aromatic rings. The van der Waals surface area contributed by atoms with Gasteiger partial charge in [-0.15, -0.1) is 0 Å². The first-order valence-electron chi connectivity index (χ1n) is 6.64. The summed E-state index contributed by atoms with van der Waals surface area (Å²) in [4.78, 5) is 0. The second-order valence-corrected chi connectivity index (χ2v) is 5.41. The molecule has 0 spiro atoms. The van der Waals surface area contributed by atoms with Crippen molar-refractivity contribution in [1.82, 2.24) is 0 Å². The second kappa shape index (κ2) is 5.51. The molecule has 1 aliphatic carbocycles. The zero-order valence-corrected chi connectivity index (χ0v) is 11.1. The quantitative estimate of drug-likeness (QED) is 0.771. The molecule has 1 fully saturated rings. The minimum atomic E-state index is -4.83. The van der Waals surface area contributed by atoms with Gasteiger partial charge in [0.2, 0.25) is 0 Å². The summed E-state index contributed by atoms with van der Waals surface area (Å²) in [5.74, 6) is -0.0606. The third-order valence-corrected chi connectivity index (χ3v) is 3.90. The molecule has 21 heavy (non-hydrogen) atoms. The van der Waals surface area contributed by atoms with Crippen LogP contribution in [0, 0.1) is 5.92 Å². The van der Waals surface area contributed by atoms with Crippen molar-refractivity contribution in [2.24, 2.45) is 11.7 Å². The van der Waals surface area contributed by atoms with E-state index < -0.39 is 29.5 Å². The number of nitrogens with two attached hydrogens (primary N) is 1. The number of halogens is 6. The van der Waals surface area contributed by atoms with E-state index in [1.54, 1.807) is 0 Å². The van der Waals surface area contributed by atoms with Crippen molar-refractivity contribution in [3.63, 3.8) is 0 Å². The molecule has 2 N–H and O–H groups in total. The maximum atomic E-state index is 12.8. The fourth-order valence-corrected chi connectivity index (χ4v) is 2.76. The monoisotopic (exact) mass is 311 g/mol. The Bertz CT molecular complexity index is 467. The number of alkyl halides is 6. The van der Waals surface area contributed by atoms with Crippen molar-refractivity contribution in [3.05, 3.63) is 34.9 Å². The van der Waals surface area contributed by atoms with E-state index in [-0.39, 0.29) is 17.5 Å². The molecule has 0 saturated heterocycles. The van der Waals surface area contributed by atoms with Gasteiger partial charge in [-0.25, -0.2) is 0 Å². The zero-order valence-electron chi connectivity index (χ0n) is 11.1. The van der Waals surface area contributed by atoms with E-state index in [0.29, 0.717) is 0 Å². The smallest absolute Gasteiger partial charge is 0.324 e. The molecule has 1 saturated carbocycles. The Morgan fingerprint density at radius 1 is 0.857 bits per heavy atom. The minimum Gasteiger partial charge on any atom is -0.324 e. The summed E-state index contributed by atoms with van der Waals surface area (Å²) in [5, 5.41) is 0. The molecule has 1 nitrogen and oxygen atoms in total. The first-order valence-corrected chi connectivity index (χ1v) is 6.64. The lowest BCUT2D eigenvalue weighted by Crippen LogP contribution is -2.21. The van der Waals surface area contributed by atoms with Crippen LogP contribution in [0.3, 0.4) is 0 Å². The van der Waals surface area contributed by atoms with E-state index in [9.17, 15) is 26.3 Å². The molecule has 0 heterocycles. The molecular formula is C14H15F6N. The zero-order chi connectivity index (χ0) is 15.8. The van der Waals surface area contributed by atoms with Crippen LogP contribution in [-0.4, -0.2) is 0 Å². The van der Waals surface area contributed by atoms with Crippen LogP contribution in [0.15, 0.2) is 18.2 Å². The first kappa shape index (κ1) is 16.1. The highest BCUT2D eigenvalue weighted by atomic mass is 19.4. The Morgan fingerprint density at radius 2 is 1.29 bits per heavy atom. The van der Waals surface area contributed by atoms with Crippen molar-refractivity contribution in [2.45, 2.75) is 44.1 Å². The molecule has 0 bridgehead atoms. The average molecular weight is 311 g/mol. The molecule has 0 unspecified atom stereocenters. The highest BCUT2D eigenvalue weighted by Gasteiger charge is 2.38. The Kier molecular flexibility index (Phi) is 4.24. The van der Waals surface area contributed by atoms with Crippen LogP contribution in [0.1, 0.15) is 48.4 Å². The topological polar surface area (TPSA) is 26.0 Å². The lowest BCUT2D eigenvalue weighted by atomic mass is 9.90. The molecule has 118 valence electrons. The van der Waals surface area contributed by atoms with Crippen LogP contribution in [0.5, 0.6) is 0 Å². The summed E-state index contributed by atoms with van der Waals surface area (Å²) >= 11 is 0. The van der Waals surface area contributed by atoms with Crippen molar-refractivity contribution < 1.29 is 26.3 Å². The molecule has 1 aliphatic rings. The Hall–Kier alpha value is -1.24. The van der Waals surface area contributed by atoms with Gasteiger partial charge < -0.3 is 5.73 Å². The van der Waals surface area contributed by atoms with E-state index in [1.807, 2.05) is 0 Å². The summed E-state index contributed by atoms with van der Waals surface area (Å²) in [6.45, 7) is 0. The fourth-order valence-electron chi connectivity index (χ4n) is 2.76. The predicted octanol–water partition coefficient (Wildman–Crippen LogP) is 4.91. The van der Waals surface area contributed by atoms with Gasteiger partial charge in [-0.3, -0.25) is 0 Å². The highest BCUT2D eigenvalue weighted by Crippen LogP contribution is 2.40. The van der Waals surface area contributed by atoms with E-state index >= 15 is 0 Å². The first-order chi connectivity index (χ1) is 9.59. The molecule has 0 aromatic heterocycles. The normalized spacial score (nSPS) is 19.0. The number of hydrogen-bond acceptors (Lipinski definition) is 1. The maximum Gasteiger partial charge on any atom is 0.416 e. The van der Waals surface area contributed by atoms with Gasteiger partial charge >= 0.3 is 12.4 Å². The van der Waals surface area contributed by atoms with Crippen LogP contribution in [0.25, 0.3) is 0 Å². The predicted molar refractivity (Wildman–Crippen MR) is 65.3 cm³/mol. The molecule has 1 atom stereocenters. The molecule has 2 rings (SSSR count). The molecule has 0 radical (unpaired) electrons. The molecular weight excluding hydrogens is 296 g/mol. The van der Waals surface area contributed by atoms with Gasteiger partial charge in [-0.05, 0) is 42.5 Å².